The van der Waals surface area contributed by atoms with Gasteiger partial charge in [0.2, 0.25) is 0 Å². The van der Waals surface area contributed by atoms with Crippen LogP contribution in [-0.4, -0.2) is 13.8 Å². The molecule has 0 bridgehead atoms. The predicted molar refractivity (Wildman–Crippen MR) is 290 cm³/mol. The molecule has 67 heavy (non-hydrogen) atoms. The lowest BCUT2D eigenvalue weighted by Crippen LogP contribution is -1.96. The van der Waals surface area contributed by atoms with Crippen LogP contribution in [0.2, 0.25) is 0 Å². The number of hydrogen-bond acceptors (Lipinski definition) is 4. The summed E-state index contributed by atoms with van der Waals surface area (Å²) in [4.78, 5) is 3.76. The van der Waals surface area contributed by atoms with Crippen molar-refractivity contribution in [2.45, 2.75) is 32.9 Å². The van der Waals surface area contributed by atoms with Gasteiger partial charge in [-0.1, -0.05) is 188 Å². The zero-order chi connectivity index (χ0) is 46.1. The number of rotatable bonds is 6. The SMILES string of the molecule is C=NCc1ccccc1.CN.Cc1ccc(C2=CC=CCC2)cc1.NCc1cccc2oc3c(-c4ccc5c(ccc6ccccc65)c4)cc(-c4ccc5c(ccc6ccccc65)c4)cc3c12. The minimum atomic E-state index is 0.456. The van der Waals surface area contributed by atoms with Crippen molar-refractivity contribution in [3.05, 3.63) is 235 Å². The molecule has 4 N–H and O–H groups in total. The third-order valence-corrected chi connectivity index (χ3v) is 12.6. The fraction of sp³-hybridized carbons (Fsp3) is 0.0952. The van der Waals surface area contributed by atoms with Crippen molar-refractivity contribution < 1.29 is 4.42 Å². The Labute approximate surface area is 393 Å². The first kappa shape index (κ1) is 44.3. The lowest BCUT2D eigenvalue weighted by Gasteiger charge is -2.12. The molecule has 328 valence electrons. The molecular weight excluding hydrogens is 815 g/mol. The number of benzene rings is 10. The molecule has 4 heteroatoms. The molecule has 0 fully saturated rings. The van der Waals surface area contributed by atoms with Crippen molar-refractivity contribution in [2.24, 2.45) is 16.5 Å². The summed E-state index contributed by atoms with van der Waals surface area (Å²) in [6.07, 6.45) is 8.95. The zero-order valence-electron chi connectivity index (χ0n) is 38.3. The maximum atomic E-state index is 6.62. The summed E-state index contributed by atoms with van der Waals surface area (Å²) >= 11 is 0. The minimum absolute atomic E-state index is 0.456. The van der Waals surface area contributed by atoms with Crippen LogP contribution in [0.3, 0.4) is 0 Å². The van der Waals surface area contributed by atoms with E-state index in [0.29, 0.717) is 6.54 Å². The highest BCUT2D eigenvalue weighted by Crippen LogP contribution is 2.42. The van der Waals surface area contributed by atoms with Crippen LogP contribution >= 0.6 is 0 Å². The number of hydrogen-bond donors (Lipinski definition) is 2. The molecule has 10 aromatic carbocycles. The minimum Gasteiger partial charge on any atom is -0.455 e. The number of aliphatic imine (C=N–C) groups is 1. The smallest absolute Gasteiger partial charge is 0.143 e. The van der Waals surface area contributed by atoms with E-state index in [-0.39, 0.29) is 0 Å². The maximum Gasteiger partial charge on any atom is 0.143 e. The molecule has 0 saturated heterocycles. The van der Waals surface area contributed by atoms with Gasteiger partial charge in [0, 0.05) is 22.9 Å². The summed E-state index contributed by atoms with van der Waals surface area (Å²) < 4.78 is 6.62. The van der Waals surface area contributed by atoms with Gasteiger partial charge >= 0.3 is 0 Å². The van der Waals surface area contributed by atoms with Crippen molar-refractivity contribution in [3.8, 4) is 22.3 Å². The molecule has 0 spiro atoms. The Bertz CT molecular complexity index is 3580. The molecule has 4 nitrogen and oxygen atoms in total. The van der Waals surface area contributed by atoms with Crippen LogP contribution in [0.25, 0.3) is 92.9 Å². The van der Waals surface area contributed by atoms with E-state index in [1.807, 2.05) is 42.5 Å². The summed E-state index contributed by atoms with van der Waals surface area (Å²) in [6.45, 7) is 6.71. The highest BCUT2D eigenvalue weighted by molar-refractivity contribution is 6.15. The van der Waals surface area contributed by atoms with Crippen LogP contribution in [0.15, 0.2) is 222 Å². The van der Waals surface area contributed by atoms with E-state index in [1.165, 1.54) is 90.8 Å². The second-order valence-electron chi connectivity index (χ2n) is 16.8. The lowest BCUT2D eigenvalue weighted by atomic mass is 9.92. The zero-order valence-corrected chi connectivity index (χ0v) is 38.3. The van der Waals surface area contributed by atoms with Gasteiger partial charge in [0.05, 0.1) is 6.54 Å². The molecule has 12 rings (SSSR count). The normalized spacial score (nSPS) is 12.0. The Morgan fingerprint density at radius 3 is 1.78 bits per heavy atom. The summed E-state index contributed by atoms with van der Waals surface area (Å²) in [6, 6.07) is 69.2. The predicted octanol–water partition coefficient (Wildman–Crippen LogP) is 16.2. The van der Waals surface area contributed by atoms with Gasteiger partial charge in [-0.2, -0.15) is 0 Å². The van der Waals surface area contributed by atoms with Crippen LogP contribution in [-0.2, 0) is 13.1 Å². The summed E-state index contributed by atoms with van der Waals surface area (Å²) in [5.74, 6) is 0. The molecule has 0 radical (unpaired) electrons. The fourth-order valence-corrected chi connectivity index (χ4v) is 9.25. The second kappa shape index (κ2) is 20.5. The molecule has 0 aliphatic heterocycles. The molecule has 0 unspecified atom stereocenters. The van der Waals surface area contributed by atoms with E-state index in [9.17, 15) is 0 Å². The molecule has 1 aliphatic carbocycles. The summed E-state index contributed by atoms with van der Waals surface area (Å²) in [7, 11) is 1.50. The maximum absolute atomic E-state index is 6.62. The van der Waals surface area contributed by atoms with Gasteiger partial charge in [-0.15, -0.1) is 0 Å². The van der Waals surface area contributed by atoms with Gasteiger partial charge in [-0.05, 0) is 146 Å². The number of nitrogens with zero attached hydrogens (tertiary/aromatic N) is 1. The highest BCUT2D eigenvalue weighted by atomic mass is 16.3. The lowest BCUT2D eigenvalue weighted by molar-refractivity contribution is 0.669. The Morgan fingerprint density at radius 2 is 1.13 bits per heavy atom. The highest BCUT2D eigenvalue weighted by Gasteiger charge is 2.18. The topological polar surface area (TPSA) is 77.5 Å². The molecule has 1 aliphatic rings. The van der Waals surface area contributed by atoms with Gasteiger partial charge < -0.3 is 15.9 Å². The van der Waals surface area contributed by atoms with E-state index in [0.717, 1.165) is 50.7 Å². The number of allylic oxidation sites excluding steroid dienone is 4. The van der Waals surface area contributed by atoms with Crippen LogP contribution in [0.5, 0.6) is 0 Å². The molecule has 0 atom stereocenters. The first-order chi connectivity index (χ1) is 33.0. The molecule has 1 aromatic heterocycles. The van der Waals surface area contributed by atoms with Crippen molar-refractivity contribution in [1.82, 2.24) is 0 Å². The van der Waals surface area contributed by atoms with Gasteiger partial charge in [-0.3, -0.25) is 4.99 Å². The third-order valence-electron chi connectivity index (χ3n) is 12.6. The summed E-state index contributed by atoms with van der Waals surface area (Å²) in [5.41, 5.74) is 23.5. The average Bonchev–Trinajstić information content (AvgIpc) is 3.79. The number of furan rings is 1. The van der Waals surface area contributed by atoms with Gasteiger partial charge in [0.15, 0.2) is 0 Å². The molecular formula is C63H55N3O. The molecule has 0 amide bonds. The van der Waals surface area contributed by atoms with E-state index in [2.05, 4.69) is 194 Å². The number of fused-ring (bicyclic) bond motifs is 9. The first-order valence-corrected chi connectivity index (χ1v) is 23.0. The molecule has 11 aromatic rings. The fourth-order valence-electron chi connectivity index (χ4n) is 9.25. The Balaban J connectivity index is 0.000000192. The monoisotopic (exact) mass is 869 g/mol. The van der Waals surface area contributed by atoms with Gasteiger partial charge in [-0.25, -0.2) is 0 Å². The van der Waals surface area contributed by atoms with Crippen LogP contribution in [0.1, 0.15) is 35.1 Å². The Kier molecular flexibility index (Phi) is 13.6. The van der Waals surface area contributed by atoms with Crippen molar-refractivity contribution in [1.29, 1.82) is 0 Å². The van der Waals surface area contributed by atoms with Crippen molar-refractivity contribution in [2.75, 3.05) is 7.05 Å². The van der Waals surface area contributed by atoms with E-state index >= 15 is 0 Å². The number of nitrogens with two attached hydrogens (primary N) is 2. The van der Waals surface area contributed by atoms with E-state index < -0.39 is 0 Å². The second-order valence-corrected chi connectivity index (χ2v) is 16.8. The quantitative estimate of drug-likeness (QED) is 0.129. The Hall–Kier alpha value is -7.89. The Morgan fingerprint density at radius 1 is 0.537 bits per heavy atom. The molecule has 0 saturated carbocycles. The third kappa shape index (κ3) is 9.45. The van der Waals surface area contributed by atoms with Crippen LogP contribution in [0.4, 0.5) is 0 Å². The molecule has 1 heterocycles. The first-order valence-electron chi connectivity index (χ1n) is 23.0. The van der Waals surface area contributed by atoms with Gasteiger partial charge in [0.25, 0.3) is 0 Å². The number of aryl methyl sites for hydroxylation is 1. The van der Waals surface area contributed by atoms with E-state index in [1.54, 1.807) is 0 Å². The van der Waals surface area contributed by atoms with Crippen LogP contribution in [0, 0.1) is 6.92 Å². The van der Waals surface area contributed by atoms with Crippen molar-refractivity contribution in [3.63, 3.8) is 0 Å². The standard InChI is InChI=1S/C41H27NO.C13H14.C8H9N.CH5N/c42-24-31-8-5-11-39-40(31)38-23-32(27-16-18-35-28(20-27)14-12-25-6-1-3-9-33(25)35)22-37(41(38)43-39)30-17-19-36-29(21-30)15-13-26-7-2-4-10-34(26)36;1-11-7-9-13(10-8-11)12-5-3-2-4-6-12;1-9-7-8-5-3-2-4-6-8;1-2/h1-23H,24,42H2;2-3,5,7-10H,4,6H2,1H3;2-6H,1,7H2;2H2,1H3. The van der Waals surface area contributed by atoms with Crippen molar-refractivity contribution >= 4 is 77.3 Å². The van der Waals surface area contributed by atoms with Gasteiger partial charge in [0.1, 0.15) is 11.2 Å². The average molecular weight is 870 g/mol. The summed E-state index contributed by atoms with van der Waals surface area (Å²) in [5, 5.41) is 12.2. The van der Waals surface area contributed by atoms with Crippen LogP contribution < -0.4 is 11.5 Å². The van der Waals surface area contributed by atoms with E-state index in [4.69, 9.17) is 10.2 Å². The largest absolute Gasteiger partial charge is 0.455 e.